The number of amides is 2. The van der Waals surface area contributed by atoms with Crippen LogP contribution in [0.5, 0.6) is 0 Å². The van der Waals surface area contributed by atoms with Gasteiger partial charge in [0.05, 0.1) is 6.61 Å². The second kappa shape index (κ2) is 7.45. The Kier molecular flexibility index (Phi) is 5.87. The van der Waals surface area contributed by atoms with Gasteiger partial charge in [-0.2, -0.15) is 0 Å². The molecule has 0 atom stereocenters. The van der Waals surface area contributed by atoms with Crippen LogP contribution in [0.25, 0.3) is 0 Å². The smallest absolute Gasteiger partial charge is 0.313 e. The van der Waals surface area contributed by atoms with Crippen LogP contribution in [0, 0.1) is 0 Å². The summed E-state index contributed by atoms with van der Waals surface area (Å²) in [6.07, 6.45) is 1.80. The SMILES string of the molecule is CCCc1ccccc1NC(=O)C(=O)NCCO. The lowest BCUT2D eigenvalue weighted by Crippen LogP contribution is -2.37. The molecule has 0 radical (unpaired) electrons. The van der Waals surface area contributed by atoms with E-state index in [1.54, 1.807) is 12.1 Å². The molecule has 0 aromatic heterocycles. The molecule has 0 heterocycles. The van der Waals surface area contributed by atoms with Crippen LogP contribution in [0.4, 0.5) is 5.69 Å². The predicted octanol–water partition coefficient (Wildman–Crippen LogP) is 0.686. The molecule has 0 fully saturated rings. The molecule has 1 rings (SSSR count). The maximum atomic E-state index is 11.6. The van der Waals surface area contributed by atoms with Crippen LogP contribution in [-0.2, 0) is 16.0 Å². The van der Waals surface area contributed by atoms with E-state index in [9.17, 15) is 9.59 Å². The van der Waals surface area contributed by atoms with E-state index < -0.39 is 11.8 Å². The lowest BCUT2D eigenvalue weighted by Gasteiger charge is -2.10. The van der Waals surface area contributed by atoms with Crippen LogP contribution in [0.3, 0.4) is 0 Å². The van der Waals surface area contributed by atoms with Crippen LogP contribution >= 0.6 is 0 Å². The van der Waals surface area contributed by atoms with Crippen molar-refractivity contribution in [2.24, 2.45) is 0 Å². The molecule has 18 heavy (non-hydrogen) atoms. The maximum absolute atomic E-state index is 11.6. The molecule has 2 amide bonds. The summed E-state index contributed by atoms with van der Waals surface area (Å²) in [5, 5.41) is 13.4. The largest absolute Gasteiger partial charge is 0.395 e. The molecule has 98 valence electrons. The summed E-state index contributed by atoms with van der Waals surface area (Å²) in [5.74, 6) is -1.46. The van der Waals surface area contributed by atoms with Crippen molar-refractivity contribution in [1.82, 2.24) is 5.32 Å². The third-order valence-corrected chi connectivity index (χ3v) is 2.39. The predicted molar refractivity (Wildman–Crippen MR) is 69.2 cm³/mol. The van der Waals surface area contributed by atoms with Crippen molar-refractivity contribution < 1.29 is 14.7 Å². The maximum Gasteiger partial charge on any atom is 0.313 e. The van der Waals surface area contributed by atoms with Crippen molar-refractivity contribution in [2.75, 3.05) is 18.5 Å². The number of aryl methyl sites for hydroxylation is 1. The van der Waals surface area contributed by atoms with E-state index in [0.717, 1.165) is 18.4 Å². The zero-order valence-electron chi connectivity index (χ0n) is 10.4. The summed E-state index contributed by atoms with van der Waals surface area (Å²) in [7, 11) is 0. The number of aliphatic hydroxyl groups is 1. The van der Waals surface area contributed by atoms with Gasteiger partial charge in [-0.25, -0.2) is 0 Å². The fourth-order valence-electron chi connectivity index (χ4n) is 1.56. The van der Waals surface area contributed by atoms with Crippen LogP contribution in [0.1, 0.15) is 18.9 Å². The lowest BCUT2D eigenvalue weighted by molar-refractivity contribution is -0.136. The number of hydrogen-bond acceptors (Lipinski definition) is 3. The number of nitrogens with one attached hydrogen (secondary N) is 2. The summed E-state index contributed by atoms with van der Waals surface area (Å²) in [6, 6.07) is 7.39. The van der Waals surface area contributed by atoms with E-state index in [0.29, 0.717) is 5.69 Å². The van der Waals surface area contributed by atoms with E-state index in [2.05, 4.69) is 10.6 Å². The first-order chi connectivity index (χ1) is 8.69. The van der Waals surface area contributed by atoms with Gasteiger partial charge < -0.3 is 15.7 Å². The Labute approximate surface area is 106 Å². The molecule has 0 aliphatic carbocycles. The van der Waals surface area contributed by atoms with Gasteiger partial charge in [0.2, 0.25) is 0 Å². The van der Waals surface area contributed by atoms with Crippen molar-refractivity contribution >= 4 is 17.5 Å². The zero-order chi connectivity index (χ0) is 13.4. The van der Waals surface area contributed by atoms with Crippen LogP contribution in [0.15, 0.2) is 24.3 Å². The number of anilines is 1. The third kappa shape index (κ3) is 4.18. The topological polar surface area (TPSA) is 78.4 Å². The van der Waals surface area contributed by atoms with Gasteiger partial charge in [0.1, 0.15) is 0 Å². The van der Waals surface area contributed by atoms with Gasteiger partial charge in [-0.15, -0.1) is 0 Å². The molecule has 0 saturated carbocycles. The zero-order valence-corrected chi connectivity index (χ0v) is 10.4. The average Bonchev–Trinajstić information content (AvgIpc) is 2.38. The van der Waals surface area contributed by atoms with Gasteiger partial charge in [-0.05, 0) is 18.1 Å². The minimum atomic E-state index is -0.740. The van der Waals surface area contributed by atoms with Gasteiger partial charge in [0.25, 0.3) is 0 Å². The minimum Gasteiger partial charge on any atom is -0.395 e. The fourth-order valence-corrected chi connectivity index (χ4v) is 1.56. The molecule has 3 N–H and O–H groups in total. The Morgan fingerprint density at radius 3 is 2.61 bits per heavy atom. The van der Waals surface area contributed by atoms with Crippen LogP contribution in [0.2, 0.25) is 0 Å². The Morgan fingerprint density at radius 2 is 1.94 bits per heavy atom. The Morgan fingerprint density at radius 1 is 1.22 bits per heavy atom. The average molecular weight is 250 g/mol. The molecule has 0 aliphatic rings. The van der Waals surface area contributed by atoms with Crippen molar-refractivity contribution in [3.05, 3.63) is 29.8 Å². The van der Waals surface area contributed by atoms with E-state index in [4.69, 9.17) is 5.11 Å². The highest BCUT2D eigenvalue weighted by Gasteiger charge is 2.14. The second-order valence-corrected chi connectivity index (χ2v) is 3.84. The highest BCUT2D eigenvalue weighted by Crippen LogP contribution is 2.16. The molecule has 0 spiro atoms. The quantitative estimate of drug-likeness (QED) is 0.673. The summed E-state index contributed by atoms with van der Waals surface area (Å²) < 4.78 is 0. The fraction of sp³-hybridized carbons (Fsp3) is 0.385. The number of carbonyl (C=O) groups excluding carboxylic acids is 2. The van der Waals surface area contributed by atoms with Crippen molar-refractivity contribution in [1.29, 1.82) is 0 Å². The van der Waals surface area contributed by atoms with Gasteiger partial charge in [0, 0.05) is 12.2 Å². The molecular weight excluding hydrogens is 232 g/mol. The number of para-hydroxylation sites is 1. The third-order valence-electron chi connectivity index (χ3n) is 2.39. The molecule has 5 heteroatoms. The lowest BCUT2D eigenvalue weighted by atomic mass is 10.1. The Bertz CT molecular complexity index is 418. The first-order valence-corrected chi connectivity index (χ1v) is 5.97. The molecular formula is C13H18N2O3. The molecule has 0 saturated heterocycles. The molecule has 0 unspecified atom stereocenters. The first kappa shape index (κ1) is 14.2. The molecule has 0 aliphatic heterocycles. The number of hydrogen-bond donors (Lipinski definition) is 3. The molecule has 0 bridgehead atoms. The monoisotopic (exact) mass is 250 g/mol. The summed E-state index contributed by atoms with van der Waals surface area (Å²) >= 11 is 0. The standard InChI is InChI=1S/C13H18N2O3/c1-2-5-10-6-3-4-7-11(10)15-13(18)12(17)14-8-9-16/h3-4,6-7,16H,2,5,8-9H2,1H3,(H,14,17)(H,15,18). The molecule has 1 aromatic carbocycles. The number of carbonyl (C=O) groups is 2. The number of rotatable bonds is 5. The first-order valence-electron chi connectivity index (χ1n) is 5.97. The Balaban J connectivity index is 2.66. The van der Waals surface area contributed by atoms with E-state index in [-0.39, 0.29) is 13.2 Å². The van der Waals surface area contributed by atoms with E-state index in [1.807, 2.05) is 19.1 Å². The van der Waals surface area contributed by atoms with Crippen LogP contribution in [-0.4, -0.2) is 30.1 Å². The summed E-state index contributed by atoms with van der Waals surface area (Å²) in [6.45, 7) is 1.93. The van der Waals surface area contributed by atoms with Crippen molar-refractivity contribution in [3.8, 4) is 0 Å². The minimum absolute atomic E-state index is 0.0723. The van der Waals surface area contributed by atoms with Crippen molar-refractivity contribution in [2.45, 2.75) is 19.8 Å². The molecule has 5 nitrogen and oxygen atoms in total. The molecule has 1 aromatic rings. The summed E-state index contributed by atoms with van der Waals surface area (Å²) in [5.41, 5.74) is 1.66. The number of benzene rings is 1. The normalized spacial score (nSPS) is 9.89. The second-order valence-electron chi connectivity index (χ2n) is 3.84. The summed E-state index contributed by atoms with van der Waals surface area (Å²) in [4.78, 5) is 22.9. The van der Waals surface area contributed by atoms with Gasteiger partial charge >= 0.3 is 11.8 Å². The number of aliphatic hydroxyl groups excluding tert-OH is 1. The van der Waals surface area contributed by atoms with Gasteiger partial charge in [-0.3, -0.25) is 9.59 Å². The van der Waals surface area contributed by atoms with Crippen LogP contribution < -0.4 is 10.6 Å². The Hall–Kier alpha value is -1.88. The van der Waals surface area contributed by atoms with Gasteiger partial charge in [0.15, 0.2) is 0 Å². The van der Waals surface area contributed by atoms with Gasteiger partial charge in [-0.1, -0.05) is 31.5 Å². The highest BCUT2D eigenvalue weighted by atomic mass is 16.3. The highest BCUT2D eigenvalue weighted by molar-refractivity contribution is 6.39. The van der Waals surface area contributed by atoms with Crippen molar-refractivity contribution in [3.63, 3.8) is 0 Å². The van der Waals surface area contributed by atoms with E-state index in [1.165, 1.54) is 0 Å². The van der Waals surface area contributed by atoms with E-state index >= 15 is 0 Å².